The second kappa shape index (κ2) is 8.48. The number of aryl methyl sites for hydroxylation is 1. The van der Waals surface area contributed by atoms with E-state index in [1.165, 1.54) is 0 Å². The van der Waals surface area contributed by atoms with Gasteiger partial charge in [0.15, 0.2) is 0 Å². The van der Waals surface area contributed by atoms with Crippen LogP contribution in [0.1, 0.15) is 49.5 Å². The zero-order chi connectivity index (χ0) is 19.3. The molecule has 1 N–H and O–H groups in total. The number of aromatic nitrogens is 2. The zero-order valence-corrected chi connectivity index (χ0v) is 16.1. The molecule has 0 aliphatic rings. The van der Waals surface area contributed by atoms with Gasteiger partial charge in [0.2, 0.25) is 0 Å². The highest BCUT2D eigenvalue weighted by atomic mass is 16.1. The van der Waals surface area contributed by atoms with E-state index in [0.717, 1.165) is 29.2 Å². The van der Waals surface area contributed by atoms with E-state index < -0.39 is 0 Å². The fraction of sp³-hybridized carbons (Fsp3) is 0.381. The van der Waals surface area contributed by atoms with Crippen LogP contribution in [0.3, 0.4) is 0 Å². The maximum Gasteiger partial charge on any atom is 0.262 e. The molecule has 5 heteroatoms. The first kappa shape index (κ1) is 19.5. The second-order valence-electron chi connectivity index (χ2n) is 6.95. The quantitative estimate of drug-likeness (QED) is 0.633. The lowest BCUT2D eigenvalue weighted by Gasteiger charge is -2.13. The van der Waals surface area contributed by atoms with Crippen LogP contribution in [0.4, 0.5) is 0 Å². The third-order valence-corrected chi connectivity index (χ3v) is 4.30. The van der Waals surface area contributed by atoms with Gasteiger partial charge < -0.3 is 9.88 Å². The number of hydrogen-bond donors (Lipinski definition) is 1. The van der Waals surface area contributed by atoms with Gasteiger partial charge in [-0.25, -0.2) is 0 Å². The van der Waals surface area contributed by atoms with Crippen molar-refractivity contribution in [3.63, 3.8) is 0 Å². The summed E-state index contributed by atoms with van der Waals surface area (Å²) in [5.74, 6) is 0.133. The molecule has 0 saturated heterocycles. The Kier molecular flexibility index (Phi) is 6.35. The van der Waals surface area contributed by atoms with Gasteiger partial charge >= 0.3 is 0 Å². The number of nitrogens with zero attached hydrogens (tertiary/aromatic N) is 3. The Hall–Kier alpha value is -2.87. The fourth-order valence-electron chi connectivity index (χ4n) is 2.90. The standard InChI is InChI=1S/C21H26N4O/c1-14(2)13-25-15(3)10-18(17(25)5)11-19(12-22)21(26)24-16(4)20-8-6-7-9-23-20/h6-11,14,16H,13H2,1-5H3,(H,24,26)/b19-11+. The zero-order valence-electron chi connectivity index (χ0n) is 16.1. The van der Waals surface area contributed by atoms with Gasteiger partial charge in [-0.2, -0.15) is 5.26 Å². The SMILES string of the molecule is Cc1cc(/C=C(\C#N)C(=O)NC(C)c2ccccn2)c(C)n1CC(C)C. The highest BCUT2D eigenvalue weighted by molar-refractivity contribution is 6.02. The first-order valence-corrected chi connectivity index (χ1v) is 8.83. The number of hydrogen-bond acceptors (Lipinski definition) is 3. The lowest BCUT2D eigenvalue weighted by Crippen LogP contribution is -2.28. The van der Waals surface area contributed by atoms with Gasteiger partial charge in [0.05, 0.1) is 11.7 Å². The highest BCUT2D eigenvalue weighted by Crippen LogP contribution is 2.20. The van der Waals surface area contributed by atoms with E-state index in [1.54, 1.807) is 12.3 Å². The predicted octanol–water partition coefficient (Wildman–Crippen LogP) is 3.94. The molecular weight excluding hydrogens is 324 g/mol. The van der Waals surface area contributed by atoms with Gasteiger partial charge in [-0.3, -0.25) is 9.78 Å². The summed E-state index contributed by atoms with van der Waals surface area (Å²) in [6.45, 7) is 11.2. The van der Waals surface area contributed by atoms with Crippen LogP contribution in [-0.2, 0) is 11.3 Å². The van der Waals surface area contributed by atoms with Crippen molar-refractivity contribution in [3.8, 4) is 6.07 Å². The predicted molar refractivity (Wildman–Crippen MR) is 103 cm³/mol. The summed E-state index contributed by atoms with van der Waals surface area (Å²) >= 11 is 0. The van der Waals surface area contributed by atoms with Gasteiger partial charge in [0, 0.05) is 24.1 Å². The summed E-state index contributed by atoms with van der Waals surface area (Å²) in [4.78, 5) is 16.7. The summed E-state index contributed by atoms with van der Waals surface area (Å²) in [7, 11) is 0. The molecule has 0 saturated carbocycles. The number of nitriles is 1. The van der Waals surface area contributed by atoms with E-state index in [1.807, 2.05) is 51.1 Å². The minimum absolute atomic E-state index is 0.0950. The highest BCUT2D eigenvalue weighted by Gasteiger charge is 2.16. The Morgan fingerprint density at radius 3 is 2.65 bits per heavy atom. The molecule has 0 bridgehead atoms. The molecule has 2 aromatic heterocycles. The van der Waals surface area contributed by atoms with Gasteiger partial charge in [-0.05, 0) is 56.5 Å². The minimum atomic E-state index is -0.390. The lowest BCUT2D eigenvalue weighted by atomic mass is 10.1. The average Bonchev–Trinajstić information content (AvgIpc) is 2.87. The van der Waals surface area contributed by atoms with E-state index in [2.05, 4.69) is 28.7 Å². The maximum atomic E-state index is 12.5. The minimum Gasteiger partial charge on any atom is -0.348 e. The molecule has 0 aliphatic heterocycles. The summed E-state index contributed by atoms with van der Waals surface area (Å²) in [5.41, 5.74) is 3.95. The summed E-state index contributed by atoms with van der Waals surface area (Å²) < 4.78 is 2.22. The summed E-state index contributed by atoms with van der Waals surface area (Å²) in [6, 6.07) is 9.32. The first-order chi connectivity index (χ1) is 12.3. The molecule has 2 aromatic rings. The molecule has 0 fully saturated rings. The molecule has 0 aliphatic carbocycles. The molecule has 1 unspecified atom stereocenters. The molecule has 1 amide bonds. The topological polar surface area (TPSA) is 70.7 Å². The van der Waals surface area contributed by atoms with Crippen molar-refractivity contribution in [3.05, 3.63) is 58.7 Å². The Morgan fingerprint density at radius 1 is 1.35 bits per heavy atom. The Balaban J connectivity index is 2.22. The van der Waals surface area contributed by atoms with Crippen molar-refractivity contribution in [1.82, 2.24) is 14.9 Å². The first-order valence-electron chi connectivity index (χ1n) is 8.83. The van der Waals surface area contributed by atoms with Crippen LogP contribution < -0.4 is 5.32 Å². The molecule has 0 aromatic carbocycles. The molecule has 26 heavy (non-hydrogen) atoms. The number of nitrogens with one attached hydrogen (secondary N) is 1. The molecule has 1 atom stereocenters. The van der Waals surface area contributed by atoms with E-state index in [9.17, 15) is 10.1 Å². The number of rotatable bonds is 6. The van der Waals surface area contributed by atoms with Gasteiger partial charge in [0.1, 0.15) is 11.6 Å². The van der Waals surface area contributed by atoms with Crippen LogP contribution >= 0.6 is 0 Å². The Morgan fingerprint density at radius 2 is 2.08 bits per heavy atom. The number of pyridine rings is 1. The van der Waals surface area contributed by atoms with Crippen LogP contribution in [0.2, 0.25) is 0 Å². The van der Waals surface area contributed by atoms with Gasteiger partial charge in [-0.15, -0.1) is 0 Å². The summed E-state index contributed by atoms with van der Waals surface area (Å²) in [6.07, 6.45) is 3.35. The number of amides is 1. The number of carbonyl (C=O) groups excluding carboxylic acids is 1. The summed E-state index contributed by atoms with van der Waals surface area (Å²) in [5, 5.41) is 12.3. The Bertz CT molecular complexity index is 841. The molecule has 0 radical (unpaired) electrons. The van der Waals surface area contributed by atoms with Crippen molar-refractivity contribution in [2.24, 2.45) is 5.92 Å². The molecule has 5 nitrogen and oxygen atoms in total. The normalized spacial score (nSPS) is 12.7. The van der Waals surface area contributed by atoms with Crippen LogP contribution in [0, 0.1) is 31.1 Å². The van der Waals surface area contributed by atoms with Crippen molar-refractivity contribution >= 4 is 12.0 Å². The monoisotopic (exact) mass is 350 g/mol. The molecule has 136 valence electrons. The van der Waals surface area contributed by atoms with E-state index in [4.69, 9.17) is 0 Å². The van der Waals surface area contributed by atoms with Crippen LogP contribution in [0.15, 0.2) is 36.0 Å². The van der Waals surface area contributed by atoms with Crippen molar-refractivity contribution in [2.75, 3.05) is 0 Å². The van der Waals surface area contributed by atoms with Crippen LogP contribution in [0.25, 0.3) is 6.08 Å². The second-order valence-corrected chi connectivity index (χ2v) is 6.95. The third kappa shape index (κ3) is 4.60. The maximum absolute atomic E-state index is 12.5. The van der Waals surface area contributed by atoms with Gasteiger partial charge in [0.25, 0.3) is 5.91 Å². The third-order valence-electron chi connectivity index (χ3n) is 4.30. The Labute approximate surface area is 155 Å². The fourth-order valence-corrected chi connectivity index (χ4v) is 2.90. The van der Waals surface area contributed by atoms with E-state index in [0.29, 0.717) is 5.92 Å². The van der Waals surface area contributed by atoms with Gasteiger partial charge in [-0.1, -0.05) is 19.9 Å². The van der Waals surface area contributed by atoms with Crippen molar-refractivity contribution < 1.29 is 4.79 Å². The molecule has 2 rings (SSSR count). The largest absolute Gasteiger partial charge is 0.348 e. The van der Waals surface area contributed by atoms with E-state index in [-0.39, 0.29) is 17.5 Å². The van der Waals surface area contributed by atoms with Crippen LogP contribution in [0.5, 0.6) is 0 Å². The average molecular weight is 350 g/mol. The van der Waals surface area contributed by atoms with Crippen LogP contribution in [-0.4, -0.2) is 15.5 Å². The molecule has 0 spiro atoms. The molecular formula is C21H26N4O. The molecule has 2 heterocycles. The van der Waals surface area contributed by atoms with Crippen molar-refractivity contribution in [2.45, 2.75) is 47.2 Å². The van der Waals surface area contributed by atoms with Crippen molar-refractivity contribution in [1.29, 1.82) is 5.26 Å². The van der Waals surface area contributed by atoms with E-state index >= 15 is 0 Å². The number of carbonyl (C=O) groups is 1. The smallest absolute Gasteiger partial charge is 0.262 e. The lowest BCUT2D eigenvalue weighted by molar-refractivity contribution is -0.117.